The molecule has 5 rings (SSSR count). The van der Waals surface area contributed by atoms with Gasteiger partial charge in [0.15, 0.2) is 14.6 Å². The molecule has 3 aromatic rings. The van der Waals surface area contributed by atoms with Gasteiger partial charge in [0.2, 0.25) is 5.91 Å². The summed E-state index contributed by atoms with van der Waals surface area (Å²) in [6.45, 7) is 18.0. The summed E-state index contributed by atoms with van der Waals surface area (Å²) >= 11 is 0. The number of methoxy groups -OCH3 is 1. The number of hydrogen-bond acceptors (Lipinski definition) is 7. The minimum Gasteiger partial charge on any atom is -0.497 e. The number of fused-ring (bicyclic) bond motifs is 2. The number of nitrogens with one attached hydrogen (secondary N) is 1. The number of rotatable bonds is 13. The van der Waals surface area contributed by atoms with E-state index in [1.807, 2.05) is 84.9 Å². The SMILES string of the molecule is C=C1C[C@]2(NC(C)=O)[C@H](OCc3ccccc3)[C@@H](OCc3ccc(OC)cc3)O[C@H]([C@@H]1O[Si](C)(C)C(C)(C)C)[C@H]2OCc1ccccc1. The molecule has 8 nitrogen and oxygen atoms in total. The Labute approximate surface area is 286 Å². The molecule has 1 aliphatic heterocycles. The van der Waals surface area contributed by atoms with E-state index in [0.29, 0.717) is 13.0 Å². The molecule has 1 saturated heterocycles. The maximum absolute atomic E-state index is 13.2. The summed E-state index contributed by atoms with van der Waals surface area (Å²) in [6, 6.07) is 27.7. The van der Waals surface area contributed by atoms with Gasteiger partial charge in [-0.25, -0.2) is 0 Å². The van der Waals surface area contributed by atoms with E-state index < -0.39 is 44.6 Å². The molecule has 48 heavy (non-hydrogen) atoms. The first kappa shape index (κ1) is 36.0. The molecular formula is C39H51NO7Si. The summed E-state index contributed by atoms with van der Waals surface area (Å²) in [7, 11) is -0.668. The molecule has 2 bridgehead atoms. The van der Waals surface area contributed by atoms with Crippen LogP contribution in [0.5, 0.6) is 5.75 Å². The largest absolute Gasteiger partial charge is 0.497 e. The second-order valence-electron chi connectivity index (χ2n) is 14.4. The topological polar surface area (TPSA) is 84.5 Å². The molecule has 2 aliphatic rings. The third-order valence-electron chi connectivity index (χ3n) is 9.83. The molecule has 258 valence electrons. The highest BCUT2D eigenvalue weighted by atomic mass is 28.4. The van der Waals surface area contributed by atoms with Crippen LogP contribution in [0.4, 0.5) is 0 Å². The minimum atomic E-state index is -2.31. The van der Waals surface area contributed by atoms with Crippen LogP contribution >= 0.6 is 0 Å². The molecule has 0 unspecified atom stereocenters. The Hall–Kier alpha value is -3.31. The standard InChI is InChI=1S/C39H51NO7Si/c1-27-23-39(40-28(2)41)35(43-24-29-15-11-9-12-16-29)34(33(27)47-48(7,8)38(3,4)5)46-37(36(39)44-25-30-17-13-10-14-18-30)45-26-31-19-21-32(42-6)22-20-31/h9-22,33-37H,1,23-26H2,2-8H3,(H,40,41)/t33-,34-,35-,36-,37+,39-/m1/s1. The fourth-order valence-corrected chi connectivity index (χ4v) is 7.60. The fourth-order valence-electron chi connectivity index (χ4n) is 6.31. The Morgan fingerprint density at radius 1 is 0.854 bits per heavy atom. The first-order valence-electron chi connectivity index (χ1n) is 16.7. The number of hydrogen-bond donors (Lipinski definition) is 1. The van der Waals surface area contributed by atoms with Gasteiger partial charge in [0.1, 0.15) is 29.6 Å². The van der Waals surface area contributed by atoms with Crippen molar-refractivity contribution in [2.75, 3.05) is 7.11 Å². The van der Waals surface area contributed by atoms with Crippen molar-refractivity contribution in [3.8, 4) is 5.75 Å². The third kappa shape index (κ3) is 8.10. The number of amides is 1. The van der Waals surface area contributed by atoms with Crippen molar-refractivity contribution >= 4 is 14.2 Å². The van der Waals surface area contributed by atoms with E-state index in [4.69, 9.17) is 28.1 Å². The van der Waals surface area contributed by atoms with Crippen molar-refractivity contribution < 1.29 is 32.9 Å². The van der Waals surface area contributed by atoms with Crippen LogP contribution in [-0.2, 0) is 48.0 Å². The predicted molar refractivity (Wildman–Crippen MR) is 189 cm³/mol. The van der Waals surface area contributed by atoms with E-state index in [1.54, 1.807) is 7.11 Å². The highest BCUT2D eigenvalue weighted by molar-refractivity contribution is 6.74. The van der Waals surface area contributed by atoms with Gasteiger partial charge in [-0.05, 0) is 58.9 Å². The van der Waals surface area contributed by atoms with Gasteiger partial charge < -0.3 is 33.4 Å². The molecule has 0 radical (unpaired) electrons. The molecule has 9 heteroatoms. The number of carbonyl (C=O) groups is 1. The van der Waals surface area contributed by atoms with Crippen molar-refractivity contribution in [1.29, 1.82) is 0 Å². The fraction of sp³-hybridized carbons (Fsp3) is 0.462. The van der Waals surface area contributed by atoms with Crippen LogP contribution in [0.3, 0.4) is 0 Å². The molecule has 6 atom stereocenters. The van der Waals surface area contributed by atoms with E-state index in [2.05, 4.69) is 45.8 Å². The normalized spacial score (nSPS) is 25.8. The van der Waals surface area contributed by atoms with Crippen molar-refractivity contribution in [2.45, 2.75) is 108 Å². The van der Waals surface area contributed by atoms with Gasteiger partial charge >= 0.3 is 0 Å². The van der Waals surface area contributed by atoms with Crippen LogP contribution in [0.15, 0.2) is 97.1 Å². The van der Waals surface area contributed by atoms with E-state index in [9.17, 15) is 4.79 Å². The summed E-state index contributed by atoms with van der Waals surface area (Å²) in [5, 5.41) is 3.26. The summed E-state index contributed by atoms with van der Waals surface area (Å²) in [5.74, 6) is 0.557. The van der Waals surface area contributed by atoms with Gasteiger partial charge in [-0.2, -0.15) is 0 Å². The van der Waals surface area contributed by atoms with Crippen LogP contribution < -0.4 is 10.1 Å². The Kier molecular flexibility index (Phi) is 11.3. The average molecular weight is 674 g/mol. The molecule has 1 aliphatic carbocycles. The van der Waals surface area contributed by atoms with Crippen LogP contribution in [0.2, 0.25) is 18.1 Å². The maximum Gasteiger partial charge on any atom is 0.217 e. The molecule has 0 aromatic heterocycles. The Balaban J connectivity index is 1.57. The summed E-state index contributed by atoms with van der Waals surface area (Å²) in [6.07, 6.45) is -2.98. The van der Waals surface area contributed by atoms with E-state index in [-0.39, 0.29) is 24.2 Å². The lowest BCUT2D eigenvalue weighted by molar-refractivity contribution is -0.332. The third-order valence-corrected chi connectivity index (χ3v) is 14.3. The molecular weight excluding hydrogens is 623 g/mol. The van der Waals surface area contributed by atoms with Gasteiger partial charge in [0.25, 0.3) is 0 Å². The lowest BCUT2D eigenvalue weighted by Gasteiger charge is -2.60. The highest BCUT2D eigenvalue weighted by Crippen LogP contribution is 2.49. The molecule has 2 fully saturated rings. The Bertz CT molecular complexity index is 1510. The molecule has 1 heterocycles. The van der Waals surface area contributed by atoms with E-state index >= 15 is 0 Å². The Morgan fingerprint density at radius 2 is 1.38 bits per heavy atom. The van der Waals surface area contributed by atoms with Crippen LogP contribution in [0, 0.1) is 0 Å². The van der Waals surface area contributed by atoms with Crippen molar-refractivity contribution in [2.24, 2.45) is 0 Å². The maximum atomic E-state index is 13.2. The van der Waals surface area contributed by atoms with E-state index in [0.717, 1.165) is 28.0 Å². The van der Waals surface area contributed by atoms with E-state index in [1.165, 1.54) is 6.92 Å². The van der Waals surface area contributed by atoms with Gasteiger partial charge in [0, 0.05) is 6.92 Å². The van der Waals surface area contributed by atoms with Crippen LogP contribution in [0.25, 0.3) is 0 Å². The number of benzene rings is 3. The highest BCUT2D eigenvalue weighted by Gasteiger charge is 2.65. The summed E-state index contributed by atoms with van der Waals surface area (Å²) < 4.78 is 39.6. The smallest absolute Gasteiger partial charge is 0.217 e. The molecule has 1 N–H and O–H groups in total. The molecule has 0 spiro atoms. The zero-order valence-corrected chi connectivity index (χ0v) is 30.4. The summed E-state index contributed by atoms with van der Waals surface area (Å²) in [5.41, 5.74) is 2.71. The monoisotopic (exact) mass is 673 g/mol. The van der Waals surface area contributed by atoms with Gasteiger partial charge in [-0.3, -0.25) is 4.79 Å². The molecule has 1 saturated carbocycles. The zero-order chi connectivity index (χ0) is 34.5. The average Bonchev–Trinajstić information content (AvgIpc) is 3.05. The van der Waals surface area contributed by atoms with Crippen LogP contribution in [-0.4, -0.2) is 57.6 Å². The summed E-state index contributed by atoms with van der Waals surface area (Å²) in [4.78, 5) is 13.2. The molecule has 3 aromatic carbocycles. The zero-order valence-electron chi connectivity index (χ0n) is 29.4. The quantitative estimate of drug-likeness (QED) is 0.150. The predicted octanol–water partition coefficient (Wildman–Crippen LogP) is 7.33. The minimum absolute atomic E-state index is 0.0554. The second kappa shape index (κ2) is 15.1. The van der Waals surface area contributed by atoms with Crippen LogP contribution in [0.1, 0.15) is 50.8 Å². The van der Waals surface area contributed by atoms with Crippen molar-refractivity contribution in [1.82, 2.24) is 5.32 Å². The lowest BCUT2D eigenvalue weighted by atomic mass is 9.68. The van der Waals surface area contributed by atoms with Crippen molar-refractivity contribution in [3.63, 3.8) is 0 Å². The molecule has 1 amide bonds. The number of carbonyl (C=O) groups excluding carboxylic acids is 1. The van der Waals surface area contributed by atoms with Gasteiger partial charge in [-0.1, -0.05) is 100 Å². The Morgan fingerprint density at radius 3 is 1.90 bits per heavy atom. The first-order chi connectivity index (χ1) is 22.8. The number of ether oxygens (including phenoxy) is 5. The first-order valence-corrected chi connectivity index (χ1v) is 19.6. The second-order valence-corrected chi connectivity index (χ2v) is 19.2. The van der Waals surface area contributed by atoms with Gasteiger partial charge in [0.05, 0.1) is 33.0 Å². The lowest BCUT2D eigenvalue weighted by Crippen LogP contribution is -2.79. The van der Waals surface area contributed by atoms with Gasteiger partial charge in [-0.15, -0.1) is 0 Å². The van der Waals surface area contributed by atoms with Crippen molar-refractivity contribution in [3.05, 3.63) is 114 Å².